The highest BCUT2D eigenvalue weighted by Gasteiger charge is 2.29. The summed E-state index contributed by atoms with van der Waals surface area (Å²) < 4.78 is 0. The zero-order valence-electron chi connectivity index (χ0n) is 10.4. The van der Waals surface area contributed by atoms with Gasteiger partial charge in [0.25, 0.3) is 0 Å². The number of hydrogen-bond acceptors (Lipinski definition) is 2. The van der Waals surface area contributed by atoms with Crippen molar-refractivity contribution in [2.75, 3.05) is 0 Å². The van der Waals surface area contributed by atoms with Gasteiger partial charge in [0.15, 0.2) is 0 Å². The van der Waals surface area contributed by atoms with E-state index in [0.29, 0.717) is 0 Å². The Bertz CT molecular complexity index is 495. The van der Waals surface area contributed by atoms with Crippen LogP contribution < -0.4 is 0 Å². The first-order valence-electron chi connectivity index (χ1n) is 5.84. The SMILES string of the molecule is CC1=CC(C)C(C)(O)C=C1c1ccccc1O. The molecule has 2 atom stereocenters. The number of para-hydroxylation sites is 1. The summed E-state index contributed by atoms with van der Waals surface area (Å²) in [5, 5.41) is 20.1. The molecule has 0 fully saturated rings. The molecule has 0 saturated carbocycles. The molecule has 90 valence electrons. The minimum atomic E-state index is -0.864. The number of benzene rings is 1. The van der Waals surface area contributed by atoms with Crippen molar-refractivity contribution in [1.82, 2.24) is 0 Å². The lowest BCUT2D eigenvalue weighted by Gasteiger charge is -2.31. The third kappa shape index (κ3) is 2.13. The summed E-state index contributed by atoms with van der Waals surface area (Å²) in [6.45, 7) is 5.78. The van der Waals surface area contributed by atoms with Gasteiger partial charge in [0.2, 0.25) is 0 Å². The van der Waals surface area contributed by atoms with Gasteiger partial charge in [0.05, 0.1) is 5.60 Å². The summed E-state index contributed by atoms with van der Waals surface area (Å²) in [6, 6.07) is 7.21. The monoisotopic (exact) mass is 230 g/mol. The fourth-order valence-electron chi connectivity index (χ4n) is 2.16. The van der Waals surface area contributed by atoms with E-state index >= 15 is 0 Å². The van der Waals surface area contributed by atoms with Crippen LogP contribution in [0.2, 0.25) is 0 Å². The lowest BCUT2D eigenvalue weighted by Crippen LogP contribution is -2.31. The van der Waals surface area contributed by atoms with E-state index in [1.807, 2.05) is 38.1 Å². The van der Waals surface area contributed by atoms with Gasteiger partial charge in [-0.05, 0) is 37.1 Å². The van der Waals surface area contributed by atoms with Gasteiger partial charge in [-0.2, -0.15) is 0 Å². The van der Waals surface area contributed by atoms with Gasteiger partial charge in [0, 0.05) is 11.5 Å². The molecule has 0 spiro atoms. The predicted molar refractivity (Wildman–Crippen MR) is 69.6 cm³/mol. The number of phenols is 1. The highest BCUT2D eigenvalue weighted by atomic mass is 16.3. The summed E-state index contributed by atoms with van der Waals surface area (Å²) >= 11 is 0. The maximum atomic E-state index is 10.3. The second-order valence-corrected chi connectivity index (χ2v) is 4.94. The summed E-state index contributed by atoms with van der Waals surface area (Å²) in [5.74, 6) is 0.328. The summed E-state index contributed by atoms with van der Waals surface area (Å²) in [6.07, 6.45) is 3.88. The van der Waals surface area contributed by atoms with Crippen LogP contribution in [0.4, 0.5) is 0 Å². The number of aromatic hydroxyl groups is 1. The van der Waals surface area contributed by atoms with E-state index in [2.05, 4.69) is 0 Å². The third-order valence-electron chi connectivity index (χ3n) is 3.48. The first-order valence-corrected chi connectivity index (χ1v) is 5.84. The van der Waals surface area contributed by atoms with Crippen LogP contribution in [-0.2, 0) is 0 Å². The number of allylic oxidation sites excluding steroid dienone is 2. The van der Waals surface area contributed by atoms with Crippen molar-refractivity contribution in [2.45, 2.75) is 26.4 Å². The predicted octanol–water partition coefficient (Wildman–Crippen LogP) is 3.12. The molecule has 17 heavy (non-hydrogen) atoms. The molecule has 1 aromatic carbocycles. The molecular formula is C15H18O2. The molecule has 0 bridgehead atoms. The van der Waals surface area contributed by atoms with Crippen LogP contribution in [0.15, 0.2) is 42.0 Å². The van der Waals surface area contributed by atoms with Crippen molar-refractivity contribution in [3.8, 4) is 5.75 Å². The van der Waals surface area contributed by atoms with Crippen LogP contribution in [0.3, 0.4) is 0 Å². The second-order valence-electron chi connectivity index (χ2n) is 4.94. The van der Waals surface area contributed by atoms with Gasteiger partial charge in [0.1, 0.15) is 5.75 Å². The van der Waals surface area contributed by atoms with Crippen LogP contribution in [-0.4, -0.2) is 15.8 Å². The highest BCUT2D eigenvalue weighted by molar-refractivity contribution is 5.83. The maximum absolute atomic E-state index is 10.3. The normalized spacial score (nSPS) is 28.6. The number of aliphatic hydroxyl groups is 1. The van der Waals surface area contributed by atoms with Crippen LogP contribution in [0.1, 0.15) is 26.3 Å². The minimum Gasteiger partial charge on any atom is -0.507 e. The van der Waals surface area contributed by atoms with E-state index in [0.717, 1.165) is 16.7 Å². The zero-order chi connectivity index (χ0) is 12.6. The molecule has 2 heteroatoms. The van der Waals surface area contributed by atoms with Crippen LogP contribution in [0, 0.1) is 5.92 Å². The molecule has 1 aliphatic carbocycles. The maximum Gasteiger partial charge on any atom is 0.123 e. The average molecular weight is 230 g/mol. The van der Waals surface area contributed by atoms with E-state index in [1.54, 1.807) is 19.1 Å². The largest absolute Gasteiger partial charge is 0.507 e. The highest BCUT2D eigenvalue weighted by Crippen LogP contribution is 2.38. The van der Waals surface area contributed by atoms with Crippen LogP contribution >= 0.6 is 0 Å². The molecular weight excluding hydrogens is 212 g/mol. The Kier molecular flexibility index (Phi) is 2.84. The Morgan fingerprint density at radius 2 is 1.88 bits per heavy atom. The zero-order valence-corrected chi connectivity index (χ0v) is 10.4. The number of phenolic OH excluding ortho intramolecular Hbond substituents is 1. The van der Waals surface area contributed by atoms with Crippen molar-refractivity contribution in [1.29, 1.82) is 0 Å². The van der Waals surface area contributed by atoms with E-state index in [1.165, 1.54) is 0 Å². The molecule has 0 heterocycles. The van der Waals surface area contributed by atoms with Gasteiger partial charge in [-0.1, -0.05) is 31.2 Å². The Morgan fingerprint density at radius 1 is 1.24 bits per heavy atom. The minimum absolute atomic E-state index is 0.0807. The van der Waals surface area contributed by atoms with Crippen molar-refractivity contribution in [3.05, 3.63) is 47.6 Å². The van der Waals surface area contributed by atoms with Crippen molar-refractivity contribution >= 4 is 5.57 Å². The Balaban J connectivity index is 2.53. The Morgan fingerprint density at radius 3 is 2.53 bits per heavy atom. The quantitative estimate of drug-likeness (QED) is 0.778. The Labute approximate surface area is 102 Å². The third-order valence-corrected chi connectivity index (χ3v) is 3.48. The van der Waals surface area contributed by atoms with Crippen molar-refractivity contribution in [3.63, 3.8) is 0 Å². The summed E-state index contributed by atoms with van der Waals surface area (Å²) in [7, 11) is 0. The van der Waals surface area contributed by atoms with Gasteiger partial charge < -0.3 is 10.2 Å². The van der Waals surface area contributed by atoms with E-state index in [4.69, 9.17) is 0 Å². The number of hydrogen-bond donors (Lipinski definition) is 2. The smallest absolute Gasteiger partial charge is 0.123 e. The molecule has 1 aliphatic rings. The average Bonchev–Trinajstić information content (AvgIpc) is 2.25. The van der Waals surface area contributed by atoms with E-state index in [-0.39, 0.29) is 11.7 Å². The molecule has 1 aromatic rings. The molecule has 2 N–H and O–H groups in total. The molecule has 2 unspecified atom stereocenters. The topological polar surface area (TPSA) is 40.5 Å². The number of rotatable bonds is 1. The van der Waals surface area contributed by atoms with Crippen molar-refractivity contribution < 1.29 is 10.2 Å². The molecule has 2 rings (SSSR count). The Hall–Kier alpha value is -1.54. The van der Waals surface area contributed by atoms with Gasteiger partial charge >= 0.3 is 0 Å². The van der Waals surface area contributed by atoms with Crippen LogP contribution in [0.5, 0.6) is 5.75 Å². The summed E-state index contributed by atoms with van der Waals surface area (Å²) in [5.41, 5.74) is 1.90. The lowest BCUT2D eigenvalue weighted by molar-refractivity contribution is 0.0733. The second kappa shape index (κ2) is 4.04. The van der Waals surface area contributed by atoms with E-state index < -0.39 is 5.60 Å². The standard InChI is InChI=1S/C15H18O2/c1-10-8-11(2)15(3,17)9-13(10)12-6-4-5-7-14(12)16/h4-9,11,16-17H,1-3H3. The van der Waals surface area contributed by atoms with E-state index in [9.17, 15) is 10.2 Å². The molecule has 0 aromatic heterocycles. The first kappa shape index (κ1) is 11.9. The summed E-state index contributed by atoms with van der Waals surface area (Å²) in [4.78, 5) is 0. The van der Waals surface area contributed by atoms with Gasteiger partial charge in [-0.3, -0.25) is 0 Å². The fourth-order valence-corrected chi connectivity index (χ4v) is 2.16. The molecule has 0 radical (unpaired) electrons. The first-order chi connectivity index (χ1) is 7.92. The lowest BCUT2D eigenvalue weighted by atomic mass is 9.79. The molecule has 0 aliphatic heterocycles. The molecule has 0 amide bonds. The van der Waals surface area contributed by atoms with Gasteiger partial charge in [-0.25, -0.2) is 0 Å². The van der Waals surface area contributed by atoms with Gasteiger partial charge in [-0.15, -0.1) is 0 Å². The van der Waals surface area contributed by atoms with Crippen molar-refractivity contribution in [2.24, 2.45) is 5.92 Å². The fraction of sp³-hybridized carbons (Fsp3) is 0.333. The molecule has 0 saturated heterocycles. The molecule has 2 nitrogen and oxygen atoms in total. The van der Waals surface area contributed by atoms with Crippen LogP contribution in [0.25, 0.3) is 5.57 Å².